The zero-order valence-corrected chi connectivity index (χ0v) is 20.5. The first-order chi connectivity index (χ1) is 14.1. The molecule has 0 saturated carbocycles. The molecule has 0 radical (unpaired) electrons. The Kier molecular flexibility index (Phi) is 9.57. The molecule has 1 fully saturated rings. The van der Waals surface area contributed by atoms with Crippen LogP contribution in [0.15, 0.2) is 47.7 Å². The SMILES string of the molecule is CN=C(NCC(c1cccc(OC)c1)N(C)C)N1CCN(c2ncccn2)CC1.I. The molecule has 1 aromatic heterocycles. The summed E-state index contributed by atoms with van der Waals surface area (Å²) in [5.74, 6) is 2.59. The Labute approximate surface area is 196 Å². The molecule has 0 bridgehead atoms. The normalized spacial score (nSPS) is 15.6. The molecule has 1 atom stereocenters. The number of aromatic nitrogens is 2. The van der Waals surface area contributed by atoms with E-state index in [9.17, 15) is 0 Å². The first kappa shape index (κ1) is 24.1. The van der Waals surface area contributed by atoms with Gasteiger partial charge in [-0.25, -0.2) is 9.97 Å². The van der Waals surface area contributed by atoms with Crippen LogP contribution < -0.4 is 15.0 Å². The van der Waals surface area contributed by atoms with E-state index in [0.717, 1.165) is 50.4 Å². The molecule has 30 heavy (non-hydrogen) atoms. The lowest BCUT2D eigenvalue weighted by molar-refractivity contribution is 0.291. The van der Waals surface area contributed by atoms with E-state index in [2.05, 4.69) is 61.2 Å². The summed E-state index contributed by atoms with van der Waals surface area (Å²) < 4.78 is 5.39. The Bertz CT molecular complexity index is 795. The molecular weight excluding hydrogens is 493 g/mol. The number of aliphatic imine (C=N–C) groups is 1. The van der Waals surface area contributed by atoms with Crippen molar-refractivity contribution in [3.05, 3.63) is 48.3 Å². The molecule has 0 spiro atoms. The average molecular weight is 525 g/mol. The van der Waals surface area contributed by atoms with E-state index in [0.29, 0.717) is 0 Å². The van der Waals surface area contributed by atoms with Crippen molar-refractivity contribution in [3.63, 3.8) is 0 Å². The third-order valence-corrected chi connectivity index (χ3v) is 5.18. The molecule has 2 aromatic rings. The number of benzene rings is 1. The van der Waals surface area contributed by atoms with E-state index in [1.807, 2.05) is 25.2 Å². The van der Waals surface area contributed by atoms with Gasteiger partial charge >= 0.3 is 0 Å². The van der Waals surface area contributed by atoms with E-state index in [-0.39, 0.29) is 30.0 Å². The topological polar surface area (TPSA) is 69.1 Å². The van der Waals surface area contributed by atoms with Crippen molar-refractivity contribution >= 4 is 35.9 Å². The third kappa shape index (κ3) is 6.18. The van der Waals surface area contributed by atoms with Crippen LogP contribution >= 0.6 is 24.0 Å². The van der Waals surface area contributed by atoms with Crippen LogP contribution in [0.3, 0.4) is 0 Å². The van der Waals surface area contributed by atoms with Gasteiger partial charge in [0.1, 0.15) is 5.75 Å². The highest BCUT2D eigenvalue weighted by molar-refractivity contribution is 14.0. The summed E-state index contributed by atoms with van der Waals surface area (Å²) in [7, 11) is 7.72. The molecule has 1 saturated heterocycles. The van der Waals surface area contributed by atoms with Crippen LogP contribution in [0.25, 0.3) is 0 Å². The molecule has 164 valence electrons. The molecule has 1 aliphatic rings. The first-order valence-electron chi connectivity index (χ1n) is 9.90. The molecule has 2 heterocycles. The third-order valence-electron chi connectivity index (χ3n) is 5.18. The number of likely N-dealkylation sites (N-methyl/N-ethyl adjacent to an activating group) is 1. The number of rotatable bonds is 6. The maximum Gasteiger partial charge on any atom is 0.225 e. The van der Waals surface area contributed by atoms with Crippen LogP contribution in [0, 0.1) is 0 Å². The van der Waals surface area contributed by atoms with Gasteiger partial charge in [-0.2, -0.15) is 0 Å². The highest BCUT2D eigenvalue weighted by Gasteiger charge is 2.22. The number of hydrogen-bond acceptors (Lipinski definition) is 6. The molecular formula is C21H32IN7O. The van der Waals surface area contributed by atoms with Crippen LogP contribution in [0.5, 0.6) is 5.75 Å². The lowest BCUT2D eigenvalue weighted by Gasteiger charge is -2.37. The second-order valence-electron chi connectivity index (χ2n) is 7.21. The number of piperazine rings is 1. The van der Waals surface area contributed by atoms with Crippen LogP contribution in [0.2, 0.25) is 0 Å². The predicted octanol–water partition coefficient (Wildman–Crippen LogP) is 2.10. The van der Waals surface area contributed by atoms with Crippen molar-refractivity contribution in [2.24, 2.45) is 4.99 Å². The number of ether oxygens (including phenoxy) is 1. The Morgan fingerprint density at radius 3 is 2.47 bits per heavy atom. The molecule has 3 rings (SSSR count). The van der Waals surface area contributed by atoms with Crippen molar-refractivity contribution in [2.75, 3.05) is 65.9 Å². The number of hydrogen-bond donors (Lipinski definition) is 1. The van der Waals surface area contributed by atoms with Gasteiger partial charge < -0.3 is 24.8 Å². The number of anilines is 1. The summed E-state index contributed by atoms with van der Waals surface area (Å²) in [6.45, 7) is 4.26. The average Bonchev–Trinajstić information content (AvgIpc) is 2.77. The lowest BCUT2D eigenvalue weighted by atomic mass is 10.1. The second-order valence-corrected chi connectivity index (χ2v) is 7.21. The predicted molar refractivity (Wildman–Crippen MR) is 132 cm³/mol. The molecule has 0 aliphatic carbocycles. The van der Waals surface area contributed by atoms with E-state index < -0.39 is 0 Å². The second kappa shape index (κ2) is 11.9. The molecule has 1 N–H and O–H groups in total. The lowest BCUT2D eigenvalue weighted by Crippen LogP contribution is -2.53. The van der Waals surface area contributed by atoms with Crippen LogP contribution in [-0.2, 0) is 0 Å². The summed E-state index contributed by atoms with van der Waals surface area (Å²) in [5.41, 5.74) is 1.21. The smallest absolute Gasteiger partial charge is 0.225 e. The van der Waals surface area contributed by atoms with Gasteiger partial charge in [-0.1, -0.05) is 12.1 Å². The number of guanidine groups is 1. The first-order valence-corrected chi connectivity index (χ1v) is 9.90. The maximum absolute atomic E-state index is 5.39. The van der Waals surface area contributed by atoms with E-state index >= 15 is 0 Å². The molecule has 8 nitrogen and oxygen atoms in total. The summed E-state index contributed by atoms with van der Waals surface area (Å²) in [4.78, 5) is 19.9. The number of nitrogens with one attached hydrogen (secondary N) is 1. The Morgan fingerprint density at radius 2 is 1.87 bits per heavy atom. The molecule has 0 amide bonds. The van der Waals surface area contributed by atoms with Crippen molar-refractivity contribution in [1.29, 1.82) is 0 Å². The van der Waals surface area contributed by atoms with Gasteiger partial charge in [0.05, 0.1) is 13.2 Å². The van der Waals surface area contributed by atoms with Gasteiger partial charge in [0.15, 0.2) is 5.96 Å². The van der Waals surface area contributed by atoms with Crippen molar-refractivity contribution in [1.82, 2.24) is 25.1 Å². The van der Waals surface area contributed by atoms with Gasteiger partial charge in [-0.05, 0) is 37.9 Å². The number of methoxy groups -OCH3 is 1. The Balaban J connectivity index is 0.00000320. The Hall–Kier alpha value is -2.14. The fraction of sp³-hybridized carbons (Fsp3) is 0.476. The molecule has 9 heteroatoms. The van der Waals surface area contributed by atoms with E-state index in [1.54, 1.807) is 19.5 Å². The summed E-state index contributed by atoms with van der Waals surface area (Å²) in [5, 5.41) is 3.55. The van der Waals surface area contributed by atoms with Gasteiger partial charge in [-0.3, -0.25) is 4.99 Å². The number of nitrogens with zero attached hydrogens (tertiary/aromatic N) is 6. The highest BCUT2D eigenvalue weighted by Crippen LogP contribution is 2.22. The van der Waals surface area contributed by atoms with Crippen LogP contribution in [0.4, 0.5) is 5.95 Å². The monoisotopic (exact) mass is 525 g/mol. The summed E-state index contributed by atoms with van der Waals surface area (Å²) >= 11 is 0. The zero-order chi connectivity index (χ0) is 20.6. The minimum Gasteiger partial charge on any atom is -0.497 e. The standard InChI is InChI=1S/C21H31N7O.HI/c1-22-20(27-11-13-28(14-12-27)21-23-9-6-10-24-21)25-16-19(26(2)3)17-7-5-8-18(15-17)29-4;/h5-10,15,19H,11-14,16H2,1-4H3,(H,22,25);1H. The summed E-state index contributed by atoms with van der Waals surface area (Å²) in [6.07, 6.45) is 3.57. The minimum absolute atomic E-state index is 0. The number of halogens is 1. The molecule has 1 unspecified atom stereocenters. The van der Waals surface area contributed by atoms with E-state index in [4.69, 9.17) is 4.74 Å². The van der Waals surface area contributed by atoms with Gasteiger partial charge in [0, 0.05) is 52.2 Å². The minimum atomic E-state index is 0. The Morgan fingerprint density at radius 1 is 1.17 bits per heavy atom. The van der Waals surface area contributed by atoms with Crippen molar-refractivity contribution in [3.8, 4) is 5.75 Å². The van der Waals surface area contributed by atoms with Gasteiger partial charge in [0.2, 0.25) is 5.95 Å². The largest absolute Gasteiger partial charge is 0.497 e. The van der Waals surface area contributed by atoms with Crippen molar-refractivity contribution in [2.45, 2.75) is 6.04 Å². The van der Waals surface area contributed by atoms with Crippen molar-refractivity contribution < 1.29 is 4.74 Å². The quantitative estimate of drug-likeness (QED) is 0.352. The highest BCUT2D eigenvalue weighted by atomic mass is 127. The fourth-order valence-electron chi connectivity index (χ4n) is 3.54. The maximum atomic E-state index is 5.39. The van der Waals surface area contributed by atoms with Crippen LogP contribution in [-0.4, -0.2) is 86.7 Å². The van der Waals surface area contributed by atoms with Gasteiger partial charge in [-0.15, -0.1) is 24.0 Å². The summed E-state index contributed by atoms with van der Waals surface area (Å²) in [6, 6.07) is 10.3. The van der Waals surface area contributed by atoms with Gasteiger partial charge in [0.25, 0.3) is 0 Å². The van der Waals surface area contributed by atoms with E-state index in [1.165, 1.54) is 5.56 Å². The zero-order valence-electron chi connectivity index (χ0n) is 18.2. The molecule has 1 aromatic carbocycles. The fourth-order valence-corrected chi connectivity index (χ4v) is 3.54. The molecule has 1 aliphatic heterocycles. The van der Waals surface area contributed by atoms with Crippen LogP contribution in [0.1, 0.15) is 11.6 Å².